The number of rotatable bonds is 7. The summed E-state index contributed by atoms with van der Waals surface area (Å²) in [5.74, 6) is -2.10. The lowest BCUT2D eigenvalue weighted by Crippen LogP contribution is -2.47. The Bertz CT molecular complexity index is 517. The fraction of sp³-hybridized carbons (Fsp3) is 0.467. The van der Waals surface area contributed by atoms with E-state index in [2.05, 4.69) is 0 Å². The van der Waals surface area contributed by atoms with E-state index in [-0.39, 0.29) is 18.6 Å². The van der Waals surface area contributed by atoms with Crippen molar-refractivity contribution in [1.82, 2.24) is 0 Å². The topological polar surface area (TPSA) is 72.8 Å². The zero-order valence-corrected chi connectivity index (χ0v) is 13.0. The Morgan fingerprint density at radius 3 is 2.57 bits per heavy atom. The first kappa shape index (κ1) is 17.5. The molecule has 5 nitrogen and oxygen atoms in total. The number of carboxylic acids is 1. The maximum Gasteiger partial charge on any atom is 0.328 e. The van der Waals surface area contributed by atoms with Gasteiger partial charge in [-0.3, -0.25) is 9.59 Å². The number of methoxy groups -OCH3 is 1. The maximum atomic E-state index is 12.4. The van der Waals surface area contributed by atoms with Crippen molar-refractivity contribution in [2.45, 2.75) is 31.8 Å². The average molecular weight is 315 g/mol. The van der Waals surface area contributed by atoms with E-state index < -0.39 is 23.5 Å². The van der Waals surface area contributed by atoms with E-state index in [0.29, 0.717) is 5.02 Å². The van der Waals surface area contributed by atoms with Crippen molar-refractivity contribution in [1.29, 1.82) is 0 Å². The summed E-state index contributed by atoms with van der Waals surface area (Å²) in [4.78, 5) is 24.3. The second kappa shape index (κ2) is 7.43. The first-order chi connectivity index (χ1) is 9.88. The maximum absolute atomic E-state index is 12.4. The number of carbonyl (C=O) groups is 2. The van der Waals surface area contributed by atoms with Crippen molar-refractivity contribution in [3.8, 4) is 0 Å². The molecule has 6 heteroatoms. The third-order valence-corrected chi connectivity index (χ3v) is 3.54. The number of carbonyl (C=O) groups excluding carboxylic acids is 1. The molecule has 21 heavy (non-hydrogen) atoms. The molecule has 0 aliphatic rings. The van der Waals surface area contributed by atoms with Gasteiger partial charge in [-0.05, 0) is 31.5 Å². The summed E-state index contributed by atoms with van der Waals surface area (Å²) in [6.07, 6.45) is -0.484. The lowest BCUT2D eigenvalue weighted by atomic mass is 9.76. The first-order valence-corrected chi connectivity index (χ1v) is 6.95. The standard InChI is InChI=1S/C15H19ClO5/c1-4-21-14(19)15(13(17)18,9-10(2)20-3)11-6-5-7-12(16)8-11/h5-8,10H,4,9H2,1-3H3,(H,17,18). The molecule has 116 valence electrons. The summed E-state index contributed by atoms with van der Waals surface area (Å²) < 4.78 is 10.1. The van der Waals surface area contributed by atoms with Crippen molar-refractivity contribution < 1.29 is 24.2 Å². The van der Waals surface area contributed by atoms with Crippen molar-refractivity contribution in [2.75, 3.05) is 13.7 Å². The Hall–Kier alpha value is -1.59. The number of hydrogen-bond acceptors (Lipinski definition) is 4. The molecule has 0 spiro atoms. The van der Waals surface area contributed by atoms with Crippen LogP contribution in [0.4, 0.5) is 0 Å². The van der Waals surface area contributed by atoms with Crippen LogP contribution in [0, 0.1) is 0 Å². The predicted molar refractivity (Wildman–Crippen MR) is 78.5 cm³/mol. The minimum absolute atomic E-state index is 0.0436. The molecule has 0 saturated heterocycles. The Balaban J connectivity index is 3.43. The van der Waals surface area contributed by atoms with Gasteiger partial charge in [0.25, 0.3) is 0 Å². The molecule has 0 radical (unpaired) electrons. The highest BCUT2D eigenvalue weighted by Gasteiger charge is 2.50. The zero-order valence-electron chi connectivity index (χ0n) is 12.3. The number of halogens is 1. The molecule has 0 fully saturated rings. The SMILES string of the molecule is CCOC(=O)C(CC(C)OC)(C(=O)O)c1cccc(Cl)c1. The smallest absolute Gasteiger partial charge is 0.328 e. The van der Waals surface area contributed by atoms with Gasteiger partial charge < -0.3 is 14.6 Å². The Morgan fingerprint density at radius 1 is 1.43 bits per heavy atom. The molecule has 1 aromatic carbocycles. The number of hydrogen-bond donors (Lipinski definition) is 1. The van der Waals surface area contributed by atoms with E-state index in [4.69, 9.17) is 21.1 Å². The normalized spacial score (nSPS) is 15.0. The van der Waals surface area contributed by atoms with Gasteiger partial charge in [0, 0.05) is 18.6 Å². The predicted octanol–water partition coefficient (Wildman–Crippen LogP) is 2.65. The van der Waals surface area contributed by atoms with Gasteiger partial charge in [0.05, 0.1) is 12.7 Å². The summed E-state index contributed by atoms with van der Waals surface area (Å²) in [6, 6.07) is 6.24. The van der Waals surface area contributed by atoms with Crippen LogP contribution in [0.5, 0.6) is 0 Å². The fourth-order valence-electron chi connectivity index (χ4n) is 2.14. The highest BCUT2D eigenvalue weighted by atomic mass is 35.5. The van der Waals surface area contributed by atoms with Crippen molar-refractivity contribution in [3.63, 3.8) is 0 Å². The minimum Gasteiger partial charge on any atom is -0.480 e. The number of carboxylic acid groups (broad SMARTS) is 1. The summed E-state index contributed by atoms with van der Waals surface area (Å²) in [6.45, 7) is 3.42. The molecule has 0 heterocycles. The molecule has 2 atom stereocenters. The molecule has 0 aliphatic carbocycles. The Labute approximate surface area is 128 Å². The highest BCUT2D eigenvalue weighted by Crippen LogP contribution is 2.34. The molecule has 1 N–H and O–H groups in total. The monoisotopic (exact) mass is 314 g/mol. The second-order valence-corrected chi connectivity index (χ2v) is 5.13. The van der Waals surface area contributed by atoms with Crippen LogP contribution in [-0.4, -0.2) is 36.9 Å². The van der Waals surface area contributed by atoms with Gasteiger partial charge in [-0.2, -0.15) is 0 Å². The van der Waals surface area contributed by atoms with Gasteiger partial charge in [0.1, 0.15) is 0 Å². The van der Waals surface area contributed by atoms with Crippen LogP contribution < -0.4 is 0 Å². The summed E-state index contributed by atoms with van der Waals surface area (Å²) >= 11 is 5.93. The van der Waals surface area contributed by atoms with E-state index in [1.54, 1.807) is 32.0 Å². The number of ether oxygens (including phenoxy) is 2. The lowest BCUT2D eigenvalue weighted by molar-refractivity contribution is -0.163. The lowest BCUT2D eigenvalue weighted by Gasteiger charge is -2.29. The van der Waals surface area contributed by atoms with Gasteiger partial charge >= 0.3 is 11.9 Å². The van der Waals surface area contributed by atoms with Crippen LogP contribution in [0.2, 0.25) is 5.02 Å². The number of esters is 1. The molecule has 0 saturated carbocycles. The zero-order chi connectivity index (χ0) is 16.0. The molecule has 0 bridgehead atoms. The van der Waals surface area contributed by atoms with Crippen LogP contribution in [0.1, 0.15) is 25.8 Å². The van der Waals surface area contributed by atoms with Crippen LogP contribution in [-0.2, 0) is 24.5 Å². The molecule has 0 aliphatic heterocycles. The van der Waals surface area contributed by atoms with Crippen LogP contribution in [0.15, 0.2) is 24.3 Å². The van der Waals surface area contributed by atoms with E-state index in [9.17, 15) is 14.7 Å². The van der Waals surface area contributed by atoms with Gasteiger partial charge in [-0.25, -0.2) is 0 Å². The van der Waals surface area contributed by atoms with Crippen molar-refractivity contribution >= 4 is 23.5 Å². The number of aliphatic carboxylic acids is 1. The third kappa shape index (κ3) is 3.74. The van der Waals surface area contributed by atoms with Crippen LogP contribution >= 0.6 is 11.6 Å². The number of benzene rings is 1. The van der Waals surface area contributed by atoms with Crippen molar-refractivity contribution in [3.05, 3.63) is 34.9 Å². The van der Waals surface area contributed by atoms with E-state index in [0.717, 1.165) is 0 Å². The molecule has 2 unspecified atom stereocenters. The molecule has 0 aromatic heterocycles. The Kier molecular flexibility index (Phi) is 6.18. The first-order valence-electron chi connectivity index (χ1n) is 6.58. The molecular formula is C15H19ClO5. The molecule has 0 amide bonds. The molecular weight excluding hydrogens is 296 g/mol. The second-order valence-electron chi connectivity index (χ2n) is 4.69. The van der Waals surface area contributed by atoms with Crippen molar-refractivity contribution in [2.24, 2.45) is 0 Å². The summed E-state index contributed by atoms with van der Waals surface area (Å²) in [7, 11) is 1.46. The van der Waals surface area contributed by atoms with Crippen LogP contribution in [0.3, 0.4) is 0 Å². The fourth-order valence-corrected chi connectivity index (χ4v) is 2.33. The van der Waals surface area contributed by atoms with E-state index >= 15 is 0 Å². The summed E-state index contributed by atoms with van der Waals surface area (Å²) in [5, 5.41) is 10.1. The molecule has 1 aromatic rings. The third-order valence-electron chi connectivity index (χ3n) is 3.30. The van der Waals surface area contributed by atoms with Crippen LogP contribution in [0.25, 0.3) is 0 Å². The van der Waals surface area contributed by atoms with Gasteiger partial charge in [-0.15, -0.1) is 0 Å². The quantitative estimate of drug-likeness (QED) is 0.618. The highest BCUT2D eigenvalue weighted by molar-refractivity contribution is 6.30. The van der Waals surface area contributed by atoms with Gasteiger partial charge in [0.15, 0.2) is 5.41 Å². The summed E-state index contributed by atoms with van der Waals surface area (Å²) in [5.41, 5.74) is -1.55. The Morgan fingerprint density at radius 2 is 2.10 bits per heavy atom. The average Bonchev–Trinajstić information content (AvgIpc) is 2.44. The molecule has 1 rings (SSSR count). The van der Waals surface area contributed by atoms with E-state index in [1.165, 1.54) is 13.2 Å². The largest absolute Gasteiger partial charge is 0.480 e. The van der Waals surface area contributed by atoms with E-state index in [1.807, 2.05) is 0 Å². The van der Waals surface area contributed by atoms with Gasteiger partial charge in [0.2, 0.25) is 0 Å². The van der Waals surface area contributed by atoms with Gasteiger partial charge in [-0.1, -0.05) is 23.7 Å². The minimum atomic E-state index is -1.84.